The average Bonchev–Trinajstić information content (AvgIpc) is 3.05. The Morgan fingerprint density at radius 2 is 1.81 bits per heavy atom. The number of pyridine rings is 1. The molecule has 0 aliphatic rings. The van der Waals surface area contributed by atoms with Crippen LogP contribution in [-0.2, 0) is 0 Å². The summed E-state index contributed by atoms with van der Waals surface area (Å²) in [6.45, 7) is 2.49. The third-order valence-corrected chi connectivity index (χ3v) is 3.98. The van der Waals surface area contributed by atoms with Gasteiger partial charge in [-0.3, -0.25) is 14.0 Å². The number of benzene rings is 1. The van der Waals surface area contributed by atoms with Gasteiger partial charge in [-0.25, -0.2) is 13.8 Å². The van der Waals surface area contributed by atoms with Gasteiger partial charge in [0.2, 0.25) is 5.82 Å². The van der Waals surface area contributed by atoms with Crippen molar-refractivity contribution in [3.8, 4) is 0 Å². The lowest BCUT2D eigenvalue weighted by atomic mass is 10.3. The van der Waals surface area contributed by atoms with Crippen LogP contribution in [0.2, 0.25) is 0 Å². The fourth-order valence-corrected chi connectivity index (χ4v) is 2.61. The number of carbonyl (C=O) groups is 2. The molecule has 0 radical (unpaired) electrons. The van der Waals surface area contributed by atoms with Crippen LogP contribution < -0.4 is 10.6 Å². The Balaban J connectivity index is 1.95. The van der Waals surface area contributed by atoms with Crippen LogP contribution in [0.1, 0.15) is 40.9 Å². The molecule has 0 atom stereocenters. The number of nitrogens with one attached hydrogen (secondary N) is 2. The van der Waals surface area contributed by atoms with E-state index in [-0.39, 0.29) is 11.5 Å². The van der Waals surface area contributed by atoms with E-state index < -0.39 is 29.1 Å². The summed E-state index contributed by atoms with van der Waals surface area (Å²) in [6.07, 6.45) is 3.29. The number of nitrogens with zero attached hydrogens (tertiary/aromatic N) is 2. The van der Waals surface area contributed by atoms with E-state index in [1.807, 2.05) is 6.92 Å². The summed E-state index contributed by atoms with van der Waals surface area (Å²) >= 11 is 0. The number of hydrogen-bond acceptors (Lipinski definition) is 3. The number of unbranched alkanes of at least 4 members (excludes halogenated alkanes) is 1. The maximum absolute atomic E-state index is 13.8. The molecule has 6 nitrogen and oxygen atoms in total. The molecule has 27 heavy (non-hydrogen) atoms. The zero-order valence-electron chi connectivity index (χ0n) is 14.6. The summed E-state index contributed by atoms with van der Waals surface area (Å²) in [5.41, 5.74) is -0.0689. The van der Waals surface area contributed by atoms with Crippen molar-refractivity contribution in [1.29, 1.82) is 0 Å². The minimum absolute atomic E-state index is 0.0749. The third-order valence-electron chi connectivity index (χ3n) is 3.98. The Hall–Kier alpha value is -3.29. The van der Waals surface area contributed by atoms with Crippen LogP contribution >= 0.6 is 0 Å². The molecule has 1 aromatic carbocycles. The van der Waals surface area contributed by atoms with E-state index in [0.717, 1.165) is 25.0 Å². The van der Waals surface area contributed by atoms with Crippen molar-refractivity contribution >= 4 is 23.0 Å². The van der Waals surface area contributed by atoms with Gasteiger partial charge in [0.25, 0.3) is 11.8 Å². The highest BCUT2D eigenvalue weighted by Gasteiger charge is 2.22. The number of carbonyl (C=O) groups excluding carboxylic acids is 2. The molecule has 8 heteroatoms. The molecule has 0 saturated heterocycles. The second-order valence-electron chi connectivity index (χ2n) is 5.90. The summed E-state index contributed by atoms with van der Waals surface area (Å²) in [6, 6.07) is 8.28. The molecular formula is C19H18F2N4O2. The van der Waals surface area contributed by atoms with E-state index >= 15 is 0 Å². The Morgan fingerprint density at radius 1 is 1.07 bits per heavy atom. The van der Waals surface area contributed by atoms with Gasteiger partial charge in [0.1, 0.15) is 17.3 Å². The first-order valence-corrected chi connectivity index (χ1v) is 8.53. The van der Waals surface area contributed by atoms with E-state index in [1.165, 1.54) is 10.5 Å². The standard InChI is InChI=1S/C19H18F2N4O2/c1-2-3-10-22-18(26)16-14-9-4-5-11-25(14)17(23-16)19(27)24-15-12(20)7-6-8-13(15)21/h4-9,11H,2-3,10H2,1H3,(H,22,26)(H,24,27). The Morgan fingerprint density at radius 3 is 2.52 bits per heavy atom. The van der Waals surface area contributed by atoms with Crippen molar-refractivity contribution < 1.29 is 18.4 Å². The molecule has 3 aromatic rings. The molecule has 0 unspecified atom stereocenters. The predicted molar refractivity (Wildman–Crippen MR) is 96.7 cm³/mol. The van der Waals surface area contributed by atoms with E-state index in [2.05, 4.69) is 15.6 Å². The number of aromatic nitrogens is 2. The van der Waals surface area contributed by atoms with Crippen molar-refractivity contribution in [1.82, 2.24) is 14.7 Å². The Labute approximate surface area is 154 Å². The smallest absolute Gasteiger partial charge is 0.292 e. The zero-order chi connectivity index (χ0) is 19.4. The van der Waals surface area contributed by atoms with Gasteiger partial charge in [-0.05, 0) is 30.7 Å². The minimum Gasteiger partial charge on any atom is -0.351 e. The van der Waals surface area contributed by atoms with E-state index in [1.54, 1.807) is 24.4 Å². The number of amides is 2. The fourth-order valence-electron chi connectivity index (χ4n) is 2.61. The molecule has 0 fully saturated rings. The second-order valence-corrected chi connectivity index (χ2v) is 5.90. The molecule has 0 aliphatic heterocycles. The average molecular weight is 372 g/mol. The first kappa shape index (κ1) is 18.5. The molecule has 2 heterocycles. The minimum atomic E-state index is -0.901. The lowest BCUT2D eigenvalue weighted by Gasteiger charge is -2.06. The van der Waals surface area contributed by atoms with Crippen molar-refractivity contribution in [3.05, 3.63) is 65.7 Å². The predicted octanol–water partition coefficient (Wildman–Crippen LogP) is 3.39. The van der Waals surface area contributed by atoms with Gasteiger partial charge in [-0.15, -0.1) is 0 Å². The molecule has 3 rings (SSSR count). The van der Waals surface area contributed by atoms with Crippen molar-refractivity contribution in [3.63, 3.8) is 0 Å². The number of imidazole rings is 1. The lowest BCUT2D eigenvalue weighted by Crippen LogP contribution is -2.25. The zero-order valence-corrected chi connectivity index (χ0v) is 14.6. The van der Waals surface area contributed by atoms with Crippen LogP contribution in [0.5, 0.6) is 0 Å². The molecule has 2 amide bonds. The van der Waals surface area contributed by atoms with E-state index in [4.69, 9.17) is 0 Å². The summed E-state index contributed by atoms with van der Waals surface area (Å²) in [7, 11) is 0. The van der Waals surface area contributed by atoms with Gasteiger partial charge in [-0.2, -0.15) is 0 Å². The van der Waals surface area contributed by atoms with Crippen molar-refractivity contribution in [2.45, 2.75) is 19.8 Å². The van der Waals surface area contributed by atoms with Crippen LogP contribution in [0, 0.1) is 11.6 Å². The highest BCUT2D eigenvalue weighted by atomic mass is 19.1. The first-order chi connectivity index (χ1) is 13.0. The third kappa shape index (κ3) is 3.79. The molecule has 2 aromatic heterocycles. The van der Waals surface area contributed by atoms with Crippen LogP contribution in [0.3, 0.4) is 0 Å². The summed E-state index contributed by atoms with van der Waals surface area (Å²) < 4.78 is 29.0. The molecule has 0 saturated carbocycles. The Kier molecular flexibility index (Phi) is 5.44. The molecule has 140 valence electrons. The van der Waals surface area contributed by atoms with Crippen LogP contribution in [0.25, 0.3) is 5.52 Å². The fraction of sp³-hybridized carbons (Fsp3) is 0.211. The van der Waals surface area contributed by atoms with Gasteiger partial charge >= 0.3 is 0 Å². The number of hydrogen-bond donors (Lipinski definition) is 2. The summed E-state index contributed by atoms with van der Waals surface area (Å²) in [5.74, 6) is -3.19. The SMILES string of the molecule is CCCCNC(=O)c1nc(C(=O)Nc2c(F)cccc2F)n2ccccc12. The van der Waals surface area contributed by atoms with Crippen molar-refractivity contribution in [2.24, 2.45) is 0 Å². The van der Waals surface area contributed by atoms with Gasteiger partial charge in [0, 0.05) is 12.7 Å². The van der Waals surface area contributed by atoms with Gasteiger partial charge in [0.05, 0.1) is 5.52 Å². The molecular weight excluding hydrogens is 354 g/mol. The normalized spacial score (nSPS) is 10.8. The lowest BCUT2D eigenvalue weighted by molar-refractivity contribution is 0.0950. The van der Waals surface area contributed by atoms with Crippen LogP contribution in [-0.4, -0.2) is 27.7 Å². The molecule has 0 bridgehead atoms. The first-order valence-electron chi connectivity index (χ1n) is 8.53. The number of para-hydroxylation sites is 1. The van der Waals surface area contributed by atoms with Gasteiger partial charge in [-0.1, -0.05) is 25.5 Å². The molecule has 0 spiro atoms. The van der Waals surface area contributed by atoms with Crippen LogP contribution in [0.15, 0.2) is 42.6 Å². The topological polar surface area (TPSA) is 75.5 Å². The van der Waals surface area contributed by atoms with E-state index in [9.17, 15) is 18.4 Å². The van der Waals surface area contributed by atoms with Crippen LogP contribution in [0.4, 0.5) is 14.5 Å². The number of anilines is 1. The molecule has 2 N–H and O–H groups in total. The number of halogens is 2. The quantitative estimate of drug-likeness (QED) is 0.651. The maximum Gasteiger partial charge on any atom is 0.292 e. The number of fused-ring (bicyclic) bond motifs is 1. The highest BCUT2D eigenvalue weighted by molar-refractivity contribution is 6.06. The maximum atomic E-state index is 13.8. The Bertz CT molecular complexity index is 980. The summed E-state index contributed by atoms with van der Waals surface area (Å²) in [5, 5.41) is 4.93. The monoisotopic (exact) mass is 372 g/mol. The number of rotatable bonds is 6. The van der Waals surface area contributed by atoms with Gasteiger partial charge in [0.15, 0.2) is 5.69 Å². The van der Waals surface area contributed by atoms with Gasteiger partial charge < -0.3 is 10.6 Å². The highest BCUT2D eigenvalue weighted by Crippen LogP contribution is 2.20. The summed E-state index contributed by atoms with van der Waals surface area (Å²) in [4.78, 5) is 29.1. The second kappa shape index (κ2) is 7.94. The van der Waals surface area contributed by atoms with E-state index in [0.29, 0.717) is 12.1 Å². The van der Waals surface area contributed by atoms with Crippen molar-refractivity contribution in [2.75, 3.05) is 11.9 Å². The molecule has 0 aliphatic carbocycles. The largest absolute Gasteiger partial charge is 0.351 e.